The zero-order valence-corrected chi connectivity index (χ0v) is 6.95. The van der Waals surface area contributed by atoms with Gasteiger partial charge in [-0.05, 0) is 6.07 Å². The molecular formula is C7H6N3OS. The lowest BCUT2D eigenvalue weighted by molar-refractivity contribution is 0.283. The molecule has 0 amide bonds. The lowest BCUT2D eigenvalue weighted by Gasteiger charge is -1.94. The van der Waals surface area contributed by atoms with E-state index in [0.717, 1.165) is 0 Å². The average molecular weight is 180 g/mol. The summed E-state index contributed by atoms with van der Waals surface area (Å²) in [6, 6.07) is 1.69. The van der Waals surface area contributed by atoms with Gasteiger partial charge >= 0.3 is 0 Å². The van der Waals surface area contributed by atoms with Gasteiger partial charge in [-0.3, -0.25) is 0 Å². The van der Waals surface area contributed by atoms with Crippen LogP contribution in [0.2, 0.25) is 0 Å². The number of hydrogen-bond donors (Lipinski definition) is 1. The van der Waals surface area contributed by atoms with E-state index in [0.29, 0.717) is 16.2 Å². The Morgan fingerprint density at radius 2 is 2.42 bits per heavy atom. The predicted octanol–water partition coefficient (Wildman–Crippen LogP) is 0.778. The Morgan fingerprint density at radius 1 is 1.58 bits per heavy atom. The summed E-state index contributed by atoms with van der Waals surface area (Å²) in [5, 5.41) is 13.5. The van der Waals surface area contributed by atoms with E-state index in [1.165, 1.54) is 4.52 Å². The van der Waals surface area contributed by atoms with Crippen LogP contribution >= 0.6 is 12.6 Å². The molecule has 0 aliphatic rings. The molecule has 12 heavy (non-hydrogen) atoms. The first-order chi connectivity index (χ1) is 5.83. The summed E-state index contributed by atoms with van der Waals surface area (Å²) in [5.74, 6) is 0. The van der Waals surface area contributed by atoms with Crippen molar-refractivity contribution < 1.29 is 5.11 Å². The van der Waals surface area contributed by atoms with Crippen molar-refractivity contribution in [2.75, 3.05) is 0 Å². The van der Waals surface area contributed by atoms with Crippen LogP contribution in [0.15, 0.2) is 23.5 Å². The molecule has 2 aromatic heterocycles. The van der Waals surface area contributed by atoms with Crippen LogP contribution in [0.4, 0.5) is 0 Å². The summed E-state index contributed by atoms with van der Waals surface area (Å²) in [7, 11) is 0. The third-order valence-electron chi connectivity index (χ3n) is 1.61. The number of hydrogen-bond acceptors (Lipinski definition) is 3. The Hall–Kier alpha value is -1.20. The van der Waals surface area contributed by atoms with Gasteiger partial charge in [-0.1, -0.05) is 12.6 Å². The molecule has 2 rings (SSSR count). The van der Waals surface area contributed by atoms with E-state index in [1.54, 1.807) is 18.5 Å². The van der Waals surface area contributed by atoms with E-state index < -0.39 is 0 Å². The van der Waals surface area contributed by atoms with Crippen LogP contribution in [-0.2, 0) is 6.61 Å². The Balaban J connectivity index is 2.80. The highest BCUT2D eigenvalue weighted by atomic mass is 32.1. The maximum absolute atomic E-state index is 8.89. The first-order valence-electron chi connectivity index (χ1n) is 3.42. The molecule has 0 atom stereocenters. The Bertz CT molecular complexity index is 412. The standard InChI is InChI=1S/C7H6N3OS/c11-4-5-3-9-10-6(12)1-2-8-7(5)10/h1-3,11H,4H2. The minimum Gasteiger partial charge on any atom is -0.391 e. The molecule has 0 aliphatic carbocycles. The van der Waals surface area contributed by atoms with E-state index >= 15 is 0 Å². The second-order valence-corrected chi connectivity index (χ2v) is 2.76. The van der Waals surface area contributed by atoms with Gasteiger partial charge in [0.05, 0.1) is 12.8 Å². The zero-order valence-electron chi connectivity index (χ0n) is 6.14. The lowest BCUT2D eigenvalue weighted by Crippen LogP contribution is -1.92. The number of nitrogens with zero attached hydrogens (tertiary/aromatic N) is 3. The highest BCUT2D eigenvalue weighted by Gasteiger charge is 2.04. The molecule has 2 heterocycles. The number of fused-ring (bicyclic) bond motifs is 1. The van der Waals surface area contributed by atoms with E-state index in [2.05, 4.69) is 10.1 Å². The molecule has 4 nitrogen and oxygen atoms in total. The largest absolute Gasteiger partial charge is 0.391 e. The third-order valence-corrected chi connectivity index (χ3v) is 1.92. The zero-order chi connectivity index (χ0) is 8.55. The van der Waals surface area contributed by atoms with Gasteiger partial charge in [0.15, 0.2) is 5.65 Å². The SMILES string of the molecule is OCc1cnn2c([S])ccnc12. The van der Waals surface area contributed by atoms with Crippen LogP contribution in [0.1, 0.15) is 5.56 Å². The molecule has 61 valence electrons. The monoisotopic (exact) mass is 180 g/mol. The summed E-state index contributed by atoms with van der Waals surface area (Å²) < 4.78 is 1.53. The maximum Gasteiger partial charge on any atom is 0.162 e. The van der Waals surface area contributed by atoms with Crippen molar-refractivity contribution >= 4 is 18.3 Å². The third kappa shape index (κ3) is 0.945. The number of aliphatic hydroxyl groups excluding tert-OH is 1. The fraction of sp³-hybridized carbons (Fsp3) is 0.143. The van der Waals surface area contributed by atoms with E-state index in [1.807, 2.05) is 0 Å². The Kier molecular flexibility index (Phi) is 1.67. The second kappa shape index (κ2) is 2.69. The van der Waals surface area contributed by atoms with Crippen molar-refractivity contribution in [3.05, 3.63) is 24.0 Å². The van der Waals surface area contributed by atoms with E-state index in [9.17, 15) is 0 Å². The molecule has 0 unspecified atom stereocenters. The van der Waals surface area contributed by atoms with Gasteiger partial charge in [-0.25, -0.2) is 9.50 Å². The summed E-state index contributed by atoms with van der Waals surface area (Å²) in [6.07, 6.45) is 3.18. The lowest BCUT2D eigenvalue weighted by atomic mass is 10.4. The fourth-order valence-electron chi connectivity index (χ4n) is 1.03. The van der Waals surface area contributed by atoms with E-state index in [-0.39, 0.29) is 6.61 Å². The number of aliphatic hydroxyl groups is 1. The summed E-state index contributed by atoms with van der Waals surface area (Å²) in [4.78, 5) is 4.05. The summed E-state index contributed by atoms with van der Waals surface area (Å²) in [5.41, 5.74) is 1.33. The molecule has 0 bridgehead atoms. The van der Waals surface area contributed by atoms with Crippen LogP contribution in [0.25, 0.3) is 5.65 Å². The van der Waals surface area contributed by atoms with Crippen molar-refractivity contribution in [3.8, 4) is 0 Å². The maximum atomic E-state index is 8.89. The van der Waals surface area contributed by atoms with Crippen LogP contribution in [0.5, 0.6) is 0 Å². The van der Waals surface area contributed by atoms with Gasteiger partial charge in [0.1, 0.15) is 5.03 Å². The van der Waals surface area contributed by atoms with Gasteiger partial charge in [-0.2, -0.15) is 5.10 Å². The van der Waals surface area contributed by atoms with E-state index in [4.69, 9.17) is 17.7 Å². The van der Waals surface area contributed by atoms with Gasteiger partial charge in [0.25, 0.3) is 0 Å². The highest BCUT2D eigenvalue weighted by molar-refractivity contribution is 7.80. The molecule has 0 spiro atoms. The number of rotatable bonds is 1. The molecular weight excluding hydrogens is 174 g/mol. The predicted molar refractivity (Wildman–Crippen MR) is 44.8 cm³/mol. The molecule has 0 saturated carbocycles. The van der Waals surface area contributed by atoms with Gasteiger partial charge in [-0.15, -0.1) is 0 Å². The van der Waals surface area contributed by atoms with Crippen molar-refractivity contribution in [1.29, 1.82) is 0 Å². The molecule has 0 fully saturated rings. The van der Waals surface area contributed by atoms with Gasteiger partial charge in [0.2, 0.25) is 0 Å². The van der Waals surface area contributed by atoms with Crippen molar-refractivity contribution in [2.45, 2.75) is 11.6 Å². The minimum atomic E-state index is -0.0602. The molecule has 0 aromatic carbocycles. The first kappa shape index (κ1) is 7.45. The molecule has 1 N–H and O–H groups in total. The molecule has 0 saturated heterocycles. The normalized spacial score (nSPS) is 10.8. The van der Waals surface area contributed by atoms with Crippen molar-refractivity contribution in [3.63, 3.8) is 0 Å². The molecule has 5 heteroatoms. The highest BCUT2D eigenvalue weighted by Crippen LogP contribution is 2.11. The Morgan fingerprint density at radius 3 is 3.17 bits per heavy atom. The quantitative estimate of drug-likeness (QED) is 0.660. The van der Waals surface area contributed by atoms with Gasteiger partial charge < -0.3 is 5.11 Å². The van der Waals surface area contributed by atoms with Crippen LogP contribution < -0.4 is 0 Å². The van der Waals surface area contributed by atoms with Crippen molar-refractivity contribution in [2.24, 2.45) is 0 Å². The summed E-state index contributed by atoms with van der Waals surface area (Å²) in [6.45, 7) is -0.0602. The van der Waals surface area contributed by atoms with Crippen LogP contribution in [0, 0.1) is 0 Å². The van der Waals surface area contributed by atoms with Crippen molar-refractivity contribution in [1.82, 2.24) is 14.6 Å². The topological polar surface area (TPSA) is 50.4 Å². The first-order valence-corrected chi connectivity index (χ1v) is 3.83. The number of aromatic nitrogens is 3. The minimum absolute atomic E-state index is 0.0602. The summed E-state index contributed by atoms with van der Waals surface area (Å²) >= 11 is 4.99. The molecule has 0 aliphatic heterocycles. The van der Waals surface area contributed by atoms with Gasteiger partial charge in [0, 0.05) is 11.8 Å². The fourth-order valence-corrected chi connectivity index (χ4v) is 1.22. The van der Waals surface area contributed by atoms with Crippen LogP contribution in [-0.4, -0.2) is 19.7 Å². The smallest absolute Gasteiger partial charge is 0.162 e. The van der Waals surface area contributed by atoms with Crippen LogP contribution in [0.3, 0.4) is 0 Å². The Labute approximate surface area is 74.3 Å². The molecule has 2 aromatic rings. The molecule has 1 radical (unpaired) electrons. The second-order valence-electron chi connectivity index (χ2n) is 2.35. The average Bonchev–Trinajstić information content (AvgIpc) is 2.49.